The number of hydrogen-bond donors (Lipinski definition) is 0. The van der Waals surface area contributed by atoms with Crippen molar-refractivity contribution in [1.82, 2.24) is 4.90 Å². The second-order valence-electron chi connectivity index (χ2n) is 5.12. The van der Waals surface area contributed by atoms with Gasteiger partial charge in [-0.2, -0.15) is 0 Å². The Morgan fingerprint density at radius 3 is 2.64 bits per heavy atom. The number of carbonyl (C=O) groups excluding carboxylic acids is 3. The van der Waals surface area contributed by atoms with E-state index in [1.165, 1.54) is 12.0 Å². The van der Waals surface area contributed by atoms with E-state index in [9.17, 15) is 14.4 Å². The Morgan fingerprint density at radius 1 is 1.27 bits per heavy atom. The molecule has 0 N–H and O–H groups in total. The molecule has 0 aromatic heterocycles. The predicted molar refractivity (Wildman–Crippen MR) is 78.0 cm³/mol. The van der Waals surface area contributed by atoms with Crippen LogP contribution < -0.4 is 0 Å². The van der Waals surface area contributed by atoms with Crippen molar-refractivity contribution in [3.05, 3.63) is 35.9 Å². The molecule has 1 aromatic rings. The summed E-state index contributed by atoms with van der Waals surface area (Å²) in [6, 6.07) is 8.27. The predicted octanol–water partition coefficient (Wildman–Crippen LogP) is 1.92. The van der Waals surface area contributed by atoms with Crippen LogP contribution in [0.15, 0.2) is 30.3 Å². The molecule has 2 rings (SSSR count). The van der Waals surface area contributed by atoms with Crippen LogP contribution in [0.2, 0.25) is 0 Å². The van der Waals surface area contributed by atoms with Crippen LogP contribution in [0.1, 0.15) is 24.8 Å². The lowest BCUT2D eigenvalue weighted by molar-refractivity contribution is -0.146. The number of nitrogens with zero attached hydrogens (tertiary/aromatic N) is 1. The highest BCUT2D eigenvalue weighted by molar-refractivity contribution is 5.82. The summed E-state index contributed by atoms with van der Waals surface area (Å²) >= 11 is 0. The van der Waals surface area contributed by atoms with E-state index in [0.717, 1.165) is 11.8 Å². The lowest BCUT2D eigenvalue weighted by Gasteiger charge is -2.27. The number of amides is 1. The molecule has 22 heavy (non-hydrogen) atoms. The van der Waals surface area contributed by atoms with Gasteiger partial charge < -0.3 is 14.3 Å². The van der Waals surface area contributed by atoms with Crippen LogP contribution in [0.3, 0.4) is 0 Å². The first kappa shape index (κ1) is 16.0. The molecule has 0 radical (unpaired) electrons. The molecule has 6 heteroatoms. The van der Waals surface area contributed by atoms with Crippen molar-refractivity contribution in [3.8, 4) is 0 Å². The van der Waals surface area contributed by atoms with Gasteiger partial charge in [-0.1, -0.05) is 30.3 Å². The van der Waals surface area contributed by atoms with Gasteiger partial charge in [0.25, 0.3) is 0 Å². The summed E-state index contributed by atoms with van der Waals surface area (Å²) in [5.74, 6) is -0.481. The van der Waals surface area contributed by atoms with E-state index in [4.69, 9.17) is 9.47 Å². The number of benzene rings is 1. The van der Waals surface area contributed by atoms with Crippen molar-refractivity contribution < 1.29 is 23.9 Å². The number of esters is 1. The molecule has 1 heterocycles. The molecular formula is C16H19NO5. The van der Waals surface area contributed by atoms with Crippen molar-refractivity contribution >= 4 is 18.3 Å². The maximum atomic E-state index is 12.3. The van der Waals surface area contributed by atoms with Crippen LogP contribution in [0.5, 0.6) is 0 Å². The van der Waals surface area contributed by atoms with Crippen LogP contribution in [-0.2, 0) is 25.7 Å². The number of methoxy groups -OCH3 is 1. The zero-order valence-corrected chi connectivity index (χ0v) is 12.4. The Balaban J connectivity index is 2.04. The van der Waals surface area contributed by atoms with Gasteiger partial charge in [-0.15, -0.1) is 0 Å². The summed E-state index contributed by atoms with van der Waals surface area (Å²) in [6.07, 6.45) is 1.41. The van der Waals surface area contributed by atoms with Gasteiger partial charge >= 0.3 is 12.1 Å². The lowest BCUT2D eigenvalue weighted by atomic mass is 10.1. The summed E-state index contributed by atoms with van der Waals surface area (Å²) in [6.45, 7) is 0.123. The third kappa shape index (κ3) is 3.63. The molecule has 1 aliphatic rings. The van der Waals surface area contributed by atoms with Crippen LogP contribution in [0, 0.1) is 0 Å². The first-order valence-electron chi connectivity index (χ1n) is 7.18. The summed E-state index contributed by atoms with van der Waals surface area (Å²) in [5, 5.41) is 0. The molecule has 1 amide bonds. The van der Waals surface area contributed by atoms with E-state index < -0.39 is 18.1 Å². The van der Waals surface area contributed by atoms with Crippen LogP contribution in [0.4, 0.5) is 4.79 Å². The lowest BCUT2D eigenvalue weighted by Crippen LogP contribution is -2.45. The SMILES string of the molecule is COC(=O)[C@H]1CC[C@@H](CC=O)N1C(=O)OCc1ccccc1. The Hall–Kier alpha value is -2.37. The molecule has 0 aliphatic carbocycles. The highest BCUT2D eigenvalue weighted by Gasteiger charge is 2.42. The third-order valence-electron chi connectivity index (χ3n) is 3.76. The highest BCUT2D eigenvalue weighted by Crippen LogP contribution is 2.27. The maximum absolute atomic E-state index is 12.3. The Morgan fingerprint density at radius 2 is 2.00 bits per heavy atom. The second kappa shape index (κ2) is 7.59. The molecule has 0 spiro atoms. The minimum Gasteiger partial charge on any atom is -0.467 e. The van der Waals surface area contributed by atoms with Gasteiger partial charge in [0, 0.05) is 12.5 Å². The number of hydrogen-bond acceptors (Lipinski definition) is 5. The largest absolute Gasteiger partial charge is 0.467 e. The molecule has 2 atom stereocenters. The summed E-state index contributed by atoms with van der Waals surface area (Å²) in [7, 11) is 1.28. The maximum Gasteiger partial charge on any atom is 0.411 e. The van der Waals surface area contributed by atoms with Crippen molar-refractivity contribution in [3.63, 3.8) is 0 Å². The molecular weight excluding hydrogens is 286 g/mol. The average Bonchev–Trinajstić information content (AvgIpc) is 2.97. The Kier molecular flexibility index (Phi) is 5.52. The standard InChI is InChI=1S/C16H19NO5/c1-21-15(19)14-8-7-13(9-10-18)17(14)16(20)22-11-12-5-3-2-4-6-12/h2-6,10,13-14H,7-9,11H2,1H3/t13-,14+/m0/s1. The van der Waals surface area contributed by atoms with Gasteiger partial charge in [-0.3, -0.25) is 4.90 Å². The fourth-order valence-corrected chi connectivity index (χ4v) is 2.66. The fourth-order valence-electron chi connectivity index (χ4n) is 2.66. The molecule has 118 valence electrons. The van der Waals surface area contributed by atoms with Crippen molar-refractivity contribution in [2.45, 2.75) is 38.0 Å². The molecule has 1 aromatic carbocycles. The summed E-state index contributed by atoms with van der Waals surface area (Å²) in [5.41, 5.74) is 0.858. The van der Waals surface area contributed by atoms with Crippen LogP contribution >= 0.6 is 0 Å². The van der Waals surface area contributed by atoms with Gasteiger partial charge in [0.1, 0.15) is 18.9 Å². The van der Waals surface area contributed by atoms with Crippen molar-refractivity contribution in [1.29, 1.82) is 0 Å². The minimum atomic E-state index is -0.682. The number of aldehydes is 1. The van der Waals surface area contributed by atoms with Gasteiger partial charge in [-0.05, 0) is 18.4 Å². The van der Waals surface area contributed by atoms with Crippen LogP contribution in [0.25, 0.3) is 0 Å². The monoisotopic (exact) mass is 305 g/mol. The topological polar surface area (TPSA) is 72.9 Å². The highest BCUT2D eigenvalue weighted by atomic mass is 16.6. The van der Waals surface area contributed by atoms with E-state index in [-0.39, 0.29) is 19.1 Å². The second-order valence-corrected chi connectivity index (χ2v) is 5.12. The minimum absolute atomic E-state index is 0.123. The fraction of sp³-hybridized carbons (Fsp3) is 0.438. The average molecular weight is 305 g/mol. The van der Waals surface area contributed by atoms with Gasteiger partial charge in [0.2, 0.25) is 0 Å². The van der Waals surface area contributed by atoms with E-state index in [1.54, 1.807) is 0 Å². The summed E-state index contributed by atoms with van der Waals surface area (Å²) in [4.78, 5) is 36.2. The number of carbonyl (C=O) groups is 3. The number of rotatable bonds is 5. The summed E-state index contributed by atoms with van der Waals surface area (Å²) < 4.78 is 10.0. The molecule has 0 bridgehead atoms. The van der Waals surface area contributed by atoms with Crippen molar-refractivity contribution in [2.24, 2.45) is 0 Å². The van der Waals surface area contributed by atoms with Crippen LogP contribution in [-0.4, -0.2) is 42.4 Å². The molecule has 0 unspecified atom stereocenters. The first-order chi connectivity index (χ1) is 10.7. The third-order valence-corrected chi connectivity index (χ3v) is 3.76. The molecule has 1 saturated heterocycles. The van der Waals surface area contributed by atoms with E-state index in [0.29, 0.717) is 12.8 Å². The first-order valence-corrected chi connectivity index (χ1v) is 7.18. The Labute approximate surface area is 129 Å². The molecule has 6 nitrogen and oxygen atoms in total. The quantitative estimate of drug-likeness (QED) is 0.614. The zero-order valence-electron chi connectivity index (χ0n) is 12.4. The Bertz CT molecular complexity index is 531. The number of ether oxygens (including phenoxy) is 2. The van der Waals surface area contributed by atoms with E-state index >= 15 is 0 Å². The number of likely N-dealkylation sites (tertiary alicyclic amines) is 1. The van der Waals surface area contributed by atoms with Gasteiger partial charge in [-0.25, -0.2) is 9.59 Å². The van der Waals surface area contributed by atoms with E-state index in [1.807, 2.05) is 30.3 Å². The molecule has 1 aliphatic heterocycles. The van der Waals surface area contributed by atoms with Gasteiger partial charge in [0.05, 0.1) is 7.11 Å². The molecule has 1 fully saturated rings. The van der Waals surface area contributed by atoms with Gasteiger partial charge in [0.15, 0.2) is 0 Å². The van der Waals surface area contributed by atoms with E-state index in [2.05, 4.69) is 0 Å². The van der Waals surface area contributed by atoms with Crippen molar-refractivity contribution in [2.75, 3.05) is 7.11 Å². The zero-order chi connectivity index (χ0) is 15.9. The normalized spacial score (nSPS) is 20.5. The smallest absolute Gasteiger partial charge is 0.411 e. The molecule has 0 saturated carbocycles.